The molecule has 0 aromatic carbocycles. The van der Waals surface area contributed by atoms with E-state index in [1.54, 1.807) is 26.1 Å². The molecule has 1 aromatic rings. The van der Waals surface area contributed by atoms with Crippen molar-refractivity contribution in [3.05, 3.63) is 34.2 Å². The predicted octanol–water partition coefficient (Wildman–Crippen LogP) is 0.429. The summed E-state index contributed by atoms with van der Waals surface area (Å²) in [7, 11) is 0. The van der Waals surface area contributed by atoms with Gasteiger partial charge in [0, 0.05) is 17.7 Å². The Morgan fingerprint density at radius 3 is 2.57 bits per heavy atom. The molecule has 1 rings (SSSR count). The first-order valence-electron chi connectivity index (χ1n) is 4.39. The SMILES string of the molecule is CC(C)(Cc1ccc(=O)[nH]c1)C(N)=O. The summed E-state index contributed by atoms with van der Waals surface area (Å²) >= 11 is 0. The lowest BCUT2D eigenvalue weighted by molar-refractivity contribution is -0.125. The summed E-state index contributed by atoms with van der Waals surface area (Å²) in [6.45, 7) is 3.56. The molecule has 1 aromatic heterocycles. The molecule has 0 fully saturated rings. The number of amides is 1. The fraction of sp³-hybridized carbons (Fsp3) is 0.400. The fourth-order valence-corrected chi connectivity index (χ4v) is 1.15. The van der Waals surface area contributed by atoms with Crippen LogP contribution in [0.25, 0.3) is 0 Å². The average molecular weight is 194 g/mol. The average Bonchev–Trinajstić information content (AvgIpc) is 2.08. The summed E-state index contributed by atoms with van der Waals surface area (Å²) in [4.78, 5) is 24.4. The Morgan fingerprint density at radius 1 is 1.50 bits per heavy atom. The van der Waals surface area contributed by atoms with Crippen LogP contribution in [0, 0.1) is 5.41 Å². The minimum absolute atomic E-state index is 0.148. The number of aromatic amines is 1. The molecule has 4 heteroatoms. The molecule has 0 atom stereocenters. The second-order valence-electron chi connectivity index (χ2n) is 3.99. The van der Waals surface area contributed by atoms with E-state index in [9.17, 15) is 9.59 Å². The summed E-state index contributed by atoms with van der Waals surface area (Å²) in [5.74, 6) is -0.344. The van der Waals surface area contributed by atoms with E-state index in [1.165, 1.54) is 6.07 Å². The lowest BCUT2D eigenvalue weighted by atomic mass is 9.86. The van der Waals surface area contributed by atoms with Gasteiger partial charge in [0.05, 0.1) is 0 Å². The molecule has 14 heavy (non-hydrogen) atoms. The van der Waals surface area contributed by atoms with Crippen molar-refractivity contribution in [1.29, 1.82) is 0 Å². The van der Waals surface area contributed by atoms with E-state index < -0.39 is 5.41 Å². The minimum atomic E-state index is -0.585. The smallest absolute Gasteiger partial charge is 0.247 e. The quantitative estimate of drug-likeness (QED) is 0.732. The number of H-pyrrole nitrogens is 1. The zero-order valence-corrected chi connectivity index (χ0v) is 8.33. The number of hydrogen-bond acceptors (Lipinski definition) is 2. The van der Waals surface area contributed by atoms with Crippen LogP contribution in [0.5, 0.6) is 0 Å². The fourth-order valence-electron chi connectivity index (χ4n) is 1.15. The molecule has 0 aliphatic rings. The van der Waals surface area contributed by atoms with Gasteiger partial charge >= 0.3 is 0 Å². The lowest BCUT2D eigenvalue weighted by Gasteiger charge is -2.19. The monoisotopic (exact) mass is 194 g/mol. The Labute approximate surface area is 82.1 Å². The third-order valence-corrected chi connectivity index (χ3v) is 2.16. The number of carbonyl (C=O) groups is 1. The van der Waals surface area contributed by atoms with Crippen LogP contribution in [0.2, 0.25) is 0 Å². The van der Waals surface area contributed by atoms with Crippen LogP contribution < -0.4 is 11.3 Å². The van der Waals surface area contributed by atoms with Crippen molar-refractivity contribution >= 4 is 5.91 Å². The first kappa shape index (κ1) is 10.5. The largest absolute Gasteiger partial charge is 0.369 e. The number of hydrogen-bond donors (Lipinski definition) is 2. The van der Waals surface area contributed by atoms with Crippen LogP contribution in [-0.4, -0.2) is 10.9 Å². The highest BCUT2D eigenvalue weighted by atomic mass is 16.1. The molecule has 1 heterocycles. The molecule has 0 saturated heterocycles. The van der Waals surface area contributed by atoms with Crippen LogP contribution in [0.3, 0.4) is 0 Å². The molecule has 0 radical (unpaired) electrons. The molecule has 0 aliphatic heterocycles. The van der Waals surface area contributed by atoms with E-state index in [0.717, 1.165) is 5.56 Å². The lowest BCUT2D eigenvalue weighted by Crippen LogP contribution is -2.33. The van der Waals surface area contributed by atoms with E-state index in [0.29, 0.717) is 6.42 Å². The van der Waals surface area contributed by atoms with Gasteiger partial charge < -0.3 is 10.7 Å². The summed E-state index contributed by atoms with van der Waals surface area (Å²) in [6, 6.07) is 3.13. The van der Waals surface area contributed by atoms with Crippen LogP contribution in [0.1, 0.15) is 19.4 Å². The van der Waals surface area contributed by atoms with Gasteiger partial charge in [0.1, 0.15) is 0 Å². The minimum Gasteiger partial charge on any atom is -0.369 e. The molecule has 0 spiro atoms. The number of nitrogens with two attached hydrogens (primary N) is 1. The van der Waals surface area contributed by atoms with Crippen LogP contribution in [0.15, 0.2) is 23.1 Å². The van der Waals surface area contributed by atoms with Crippen molar-refractivity contribution < 1.29 is 4.79 Å². The third kappa shape index (κ3) is 2.45. The molecule has 0 saturated carbocycles. The number of rotatable bonds is 3. The van der Waals surface area contributed by atoms with E-state index in [-0.39, 0.29) is 11.5 Å². The number of nitrogens with one attached hydrogen (secondary N) is 1. The Morgan fingerprint density at radius 2 is 2.14 bits per heavy atom. The summed E-state index contributed by atoms with van der Waals surface area (Å²) in [6.07, 6.45) is 2.13. The van der Waals surface area contributed by atoms with Gasteiger partial charge in [-0.1, -0.05) is 19.9 Å². The molecule has 76 valence electrons. The highest BCUT2D eigenvalue weighted by molar-refractivity contribution is 5.80. The summed E-state index contributed by atoms with van der Waals surface area (Å²) < 4.78 is 0. The van der Waals surface area contributed by atoms with Gasteiger partial charge in [0.2, 0.25) is 11.5 Å². The van der Waals surface area contributed by atoms with Gasteiger partial charge in [-0.25, -0.2) is 0 Å². The zero-order chi connectivity index (χ0) is 10.8. The molecular weight excluding hydrogens is 180 g/mol. The molecule has 1 amide bonds. The van der Waals surface area contributed by atoms with Gasteiger partial charge in [-0.05, 0) is 12.0 Å². The molecule has 0 unspecified atom stereocenters. The van der Waals surface area contributed by atoms with Crippen molar-refractivity contribution in [1.82, 2.24) is 4.98 Å². The van der Waals surface area contributed by atoms with Crippen molar-refractivity contribution in [3.8, 4) is 0 Å². The molecular formula is C10H14N2O2. The van der Waals surface area contributed by atoms with E-state index in [4.69, 9.17) is 5.73 Å². The highest BCUT2D eigenvalue weighted by Gasteiger charge is 2.24. The molecule has 3 N–H and O–H groups in total. The first-order valence-corrected chi connectivity index (χ1v) is 4.39. The van der Waals surface area contributed by atoms with E-state index in [1.807, 2.05) is 0 Å². The van der Waals surface area contributed by atoms with Gasteiger partial charge in [-0.2, -0.15) is 0 Å². The summed E-state index contributed by atoms with van der Waals surface area (Å²) in [5, 5.41) is 0. The molecule has 0 aliphatic carbocycles. The van der Waals surface area contributed by atoms with E-state index >= 15 is 0 Å². The Hall–Kier alpha value is -1.58. The second kappa shape index (κ2) is 3.65. The van der Waals surface area contributed by atoms with E-state index in [2.05, 4.69) is 4.98 Å². The van der Waals surface area contributed by atoms with Crippen molar-refractivity contribution in [2.24, 2.45) is 11.1 Å². The number of pyridine rings is 1. The maximum Gasteiger partial charge on any atom is 0.247 e. The zero-order valence-electron chi connectivity index (χ0n) is 8.33. The third-order valence-electron chi connectivity index (χ3n) is 2.16. The van der Waals surface area contributed by atoms with Gasteiger partial charge in [0.25, 0.3) is 0 Å². The standard InChI is InChI=1S/C10H14N2O2/c1-10(2,9(11)14)5-7-3-4-8(13)12-6-7/h3-4,6H,5H2,1-2H3,(H2,11,14)(H,12,13). The van der Waals surface area contributed by atoms with Gasteiger partial charge in [0.15, 0.2) is 0 Å². The van der Waals surface area contributed by atoms with Crippen molar-refractivity contribution in [3.63, 3.8) is 0 Å². The van der Waals surface area contributed by atoms with Crippen LogP contribution in [-0.2, 0) is 11.2 Å². The second-order valence-corrected chi connectivity index (χ2v) is 3.99. The van der Waals surface area contributed by atoms with Crippen LogP contribution in [0.4, 0.5) is 0 Å². The topological polar surface area (TPSA) is 75.9 Å². The Kier molecular flexibility index (Phi) is 2.74. The first-order chi connectivity index (χ1) is 6.42. The Bertz CT molecular complexity index is 373. The molecule has 4 nitrogen and oxygen atoms in total. The number of carbonyl (C=O) groups excluding carboxylic acids is 1. The van der Waals surface area contributed by atoms with Gasteiger partial charge in [-0.3, -0.25) is 9.59 Å². The molecule has 0 bridgehead atoms. The summed E-state index contributed by atoms with van der Waals surface area (Å²) in [5.41, 5.74) is 5.40. The predicted molar refractivity (Wildman–Crippen MR) is 53.7 cm³/mol. The van der Waals surface area contributed by atoms with Gasteiger partial charge in [-0.15, -0.1) is 0 Å². The van der Waals surface area contributed by atoms with Crippen molar-refractivity contribution in [2.75, 3.05) is 0 Å². The Balaban J connectivity index is 2.84. The normalized spacial score (nSPS) is 11.3. The number of primary amides is 1. The van der Waals surface area contributed by atoms with Crippen molar-refractivity contribution in [2.45, 2.75) is 20.3 Å². The number of aromatic nitrogens is 1. The highest BCUT2D eigenvalue weighted by Crippen LogP contribution is 2.19. The van der Waals surface area contributed by atoms with Crippen LogP contribution >= 0.6 is 0 Å². The maximum absolute atomic E-state index is 11.0. The maximum atomic E-state index is 11.0.